The minimum absolute atomic E-state index is 0.0921. The summed E-state index contributed by atoms with van der Waals surface area (Å²) in [6.45, 7) is 0.496. The molecular weight excluding hydrogens is 214 g/mol. The molecule has 3 amide bonds. The van der Waals surface area contributed by atoms with Crippen molar-refractivity contribution in [3.8, 4) is 0 Å². The van der Waals surface area contributed by atoms with Gasteiger partial charge in [-0.3, -0.25) is 9.59 Å². The maximum absolute atomic E-state index is 11.3. The zero-order chi connectivity index (χ0) is 12.6. The molecule has 0 spiro atoms. The van der Waals surface area contributed by atoms with Gasteiger partial charge in [0.1, 0.15) is 0 Å². The van der Waals surface area contributed by atoms with Gasteiger partial charge >= 0.3 is 12.0 Å². The zero-order valence-corrected chi connectivity index (χ0v) is 9.23. The van der Waals surface area contributed by atoms with E-state index >= 15 is 0 Å². The Balaban J connectivity index is 3.62. The lowest BCUT2D eigenvalue weighted by Crippen LogP contribution is -2.38. The number of nitrogens with two attached hydrogens (primary N) is 1. The van der Waals surface area contributed by atoms with E-state index in [1.54, 1.807) is 0 Å². The van der Waals surface area contributed by atoms with Crippen molar-refractivity contribution < 1.29 is 19.5 Å². The van der Waals surface area contributed by atoms with Crippen LogP contribution in [0.1, 0.15) is 19.3 Å². The summed E-state index contributed by atoms with van der Waals surface area (Å²) in [7, 11) is 1.51. The highest BCUT2D eigenvalue weighted by Gasteiger charge is 2.09. The molecule has 0 saturated carbocycles. The predicted octanol–water partition coefficient (Wildman–Crippen LogP) is -0.632. The molecule has 7 heteroatoms. The Kier molecular flexibility index (Phi) is 6.66. The van der Waals surface area contributed by atoms with Crippen molar-refractivity contribution in [1.29, 1.82) is 0 Å². The quantitative estimate of drug-likeness (QED) is 0.506. The molecule has 4 N–H and O–H groups in total. The van der Waals surface area contributed by atoms with Crippen LogP contribution in [-0.2, 0) is 9.59 Å². The molecule has 0 fully saturated rings. The first kappa shape index (κ1) is 14.2. The Morgan fingerprint density at radius 2 is 1.94 bits per heavy atom. The zero-order valence-electron chi connectivity index (χ0n) is 9.23. The van der Waals surface area contributed by atoms with Gasteiger partial charge in [-0.2, -0.15) is 0 Å². The molecular formula is C9H17N3O4. The number of nitrogens with one attached hydrogen (secondary N) is 1. The van der Waals surface area contributed by atoms with Gasteiger partial charge in [0.05, 0.1) is 6.42 Å². The highest BCUT2D eigenvalue weighted by atomic mass is 16.4. The summed E-state index contributed by atoms with van der Waals surface area (Å²) in [5.74, 6) is -1.36. The first-order valence-corrected chi connectivity index (χ1v) is 4.92. The summed E-state index contributed by atoms with van der Waals surface area (Å²) < 4.78 is 0. The number of rotatable bonds is 7. The van der Waals surface area contributed by atoms with E-state index in [9.17, 15) is 14.4 Å². The highest BCUT2D eigenvalue weighted by molar-refractivity contribution is 5.75. The molecule has 0 aromatic carbocycles. The highest BCUT2D eigenvalue weighted by Crippen LogP contribution is 1.90. The van der Waals surface area contributed by atoms with Crippen LogP contribution in [0, 0.1) is 0 Å². The van der Waals surface area contributed by atoms with Gasteiger partial charge in [0.25, 0.3) is 0 Å². The van der Waals surface area contributed by atoms with Crippen LogP contribution < -0.4 is 11.1 Å². The SMILES string of the molecule is CN(CCC(=O)O)C(=O)NCCCC(N)=O. The molecule has 0 aromatic rings. The summed E-state index contributed by atoms with van der Waals surface area (Å²) in [5, 5.41) is 11.0. The number of nitrogens with zero attached hydrogens (tertiary/aromatic N) is 1. The van der Waals surface area contributed by atoms with Crippen LogP contribution in [0.2, 0.25) is 0 Å². The number of carboxylic acids is 1. The van der Waals surface area contributed by atoms with Crippen molar-refractivity contribution in [2.24, 2.45) is 5.73 Å². The van der Waals surface area contributed by atoms with E-state index in [-0.39, 0.29) is 25.4 Å². The third kappa shape index (κ3) is 7.60. The first-order chi connectivity index (χ1) is 7.43. The second kappa shape index (κ2) is 7.49. The number of aliphatic carboxylic acids is 1. The largest absolute Gasteiger partial charge is 0.481 e. The molecule has 0 rings (SSSR count). The van der Waals surface area contributed by atoms with Gasteiger partial charge in [0.15, 0.2) is 0 Å². The number of carbonyl (C=O) groups is 3. The number of carboxylic acid groups (broad SMARTS) is 1. The molecule has 0 bridgehead atoms. The van der Waals surface area contributed by atoms with Gasteiger partial charge in [0, 0.05) is 26.6 Å². The van der Waals surface area contributed by atoms with Crippen molar-refractivity contribution in [3.63, 3.8) is 0 Å². The van der Waals surface area contributed by atoms with Crippen molar-refractivity contribution >= 4 is 17.9 Å². The lowest BCUT2D eigenvalue weighted by Gasteiger charge is -2.16. The van der Waals surface area contributed by atoms with Crippen LogP contribution in [-0.4, -0.2) is 48.1 Å². The Morgan fingerprint density at radius 3 is 2.44 bits per heavy atom. The second-order valence-corrected chi connectivity index (χ2v) is 3.37. The van der Waals surface area contributed by atoms with E-state index in [1.807, 2.05) is 0 Å². The van der Waals surface area contributed by atoms with Crippen LogP contribution in [0.3, 0.4) is 0 Å². The predicted molar refractivity (Wildman–Crippen MR) is 56.7 cm³/mol. The number of hydrogen-bond donors (Lipinski definition) is 3. The average Bonchev–Trinajstić information content (AvgIpc) is 2.20. The summed E-state index contributed by atoms with van der Waals surface area (Å²) in [5.41, 5.74) is 4.92. The monoisotopic (exact) mass is 231 g/mol. The summed E-state index contributed by atoms with van der Waals surface area (Å²) in [4.78, 5) is 33.2. The van der Waals surface area contributed by atoms with Gasteiger partial charge < -0.3 is 21.1 Å². The van der Waals surface area contributed by atoms with E-state index in [0.717, 1.165) is 0 Å². The van der Waals surface area contributed by atoms with Crippen LogP contribution in [0.4, 0.5) is 4.79 Å². The van der Waals surface area contributed by atoms with Crippen LogP contribution in [0.25, 0.3) is 0 Å². The second-order valence-electron chi connectivity index (χ2n) is 3.37. The van der Waals surface area contributed by atoms with Crippen LogP contribution in [0.15, 0.2) is 0 Å². The molecule has 0 aliphatic rings. The maximum atomic E-state index is 11.3. The summed E-state index contributed by atoms with van der Waals surface area (Å²) in [6, 6.07) is -0.356. The third-order valence-corrected chi connectivity index (χ3v) is 1.88. The molecule has 92 valence electrons. The lowest BCUT2D eigenvalue weighted by atomic mass is 10.3. The van der Waals surface area contributed by atoms with E-state index in [0.29, 0.717) is 13.0 Å². The van der Waals surface area contributed by atoms with E-state index in [2.05, 4.69) is 5.32 Å². The molecule has 0 aromatic heterocycles. The van der Waals surface area contributed by atoms with Crippen molar-refractivity contribution in [1.82, 2.24) is 10.2 Å². The van der Waals surface area contributed by atoms with Crippen LogP contribution in [0.5, 0.6) is 0 Å². The van der Waals surface area contributed by atoms with Crippen molar-refractivity contribution in [2.45, 2.75) is 19.3 Å². The van der Waals surface area contributed by atoms with E-state index in [1.165, 1.54) is 11.9 Å². The molecule has 0 radical (unpaired) electrons. The average molecular weight is 231 g/mol. The van der Waals surface area contributed by atoms with Crippen molar-refractivity contribution in [2.75, 3.05) is 20.1 Å². The first-order valence-electron chi connectivity index (χ1n) is 4.92. The van der Waals surface area contributed by atoms with Gasteiger partial charge in [-0.05, 0) is 6.42 Å². The summed E-state index contributed by atoms with van der Waals surface area (Å²) >= 11 is 0. The number of primary amides is 1. The minimum atomic E-state index is -0.951. The smallest absolute Gasteiger partial charge is 0.317 e. The molecule has 0 saturated heterocycles. The molecule has 0 atom stereocenters. The Morgan fingerprint density at radius 1 is 1.31 bits per heavy atom. The molecule has 0 heterocycles. The number of carbonyl (C=O) groups excluding carboxylic acids is 2. The fraction of sp³-hybridized carbons (Fsp3) is 0.667. The normalized spacial score (nSPS) is 9.56. The number of amides is 3. The Hall–Kier alpha value is -1.79. The molecule has 0 aliphatic heterocycles. The topological polar surface area (TPSA) is 113 Å². The van der Waals surface area contributed by atoms with Crippen LogP contribution >= 0.6 is 0 Å². The van der Waals surface area contributed by atoms with E-state index in [4.69, 9.17) is 10.8 Å². The Labute approximate surface area is 93.6 Å². The molecule has 0 unspecified atom stereocenters. The van der Waals surface area contributed by atoms with Gasteiger partial charge in [0.2, 0.25) is 5.91 Å². The molecule has 0 aliphatic carbocycles. The molecule has 16 heavy (non-hydrogen) atoms. The van der Waals surface area contributed by atoms with Crippen molar-refractivity contribution in [3.05, 3.63) is 0 Å². The maximum Gasteiger partial charge on any atom is 0.317 e. The third-order valence-electron chi connectivity index (χ3n) is 1.88. The molecule has 7 nitrogen and oxygen atoms in total. The Bertz CT molecular complexity index is 267. The fourth-order valence-electron chi connectivity index (χ4n) is 0.958. The van der Waals surface area contributed by atoms with Gasteiger partial charge in [-0.1, -0.05) is 0 Å². The van der Waals surface area contributed by atoms with E-state index < -0.39 is 11.9 Å². The van der Waals surface area contributed by atoms with Gasteiger partial charge in [-0.25, -0.2) is 4.79 Å². The number of hydrogen-bond acceptors (Lipinski definition) is 3. The van der Waals surface area contributed by atoms with Gasteiger partial charge in [-0.15, -0.1) is 0 Å². The standard InChI is InChI=1S/C9H17N3O4/c1-12(6-4-8(14)15)9(16)11-5-2-3-7(10)13/h2-6H2,1H3,(H2,10,13)(H,11,16)(H,14,15). The summed E-state index contributed by atoms with van der Waals surface area (Å²) in [6.07, 6.45) is 0.609. The lowest BCUT2D eigenvalue weighted by molar-refractivity contribution is -0.137. The fourth-order valence-corrected chi connectivity index (χ4v) is 0.958. The number of urea groups is 1. The minimum Gasteiger partial charge on any atom is -0.481 e.